The molecular formula is C15H19N3O3. The molecule has 0 radical (unpaired) electrons. The first-order valence-corrected chi connectivity index (χ1v) is 6.96. The van der Waals surface area contributed by atoms with Gasteiger partial charge in [0.2, 0.25) is 0 Å². The van der Waals surface area contributed by atoms with Crippen molar-refractivity contribution in [3.63, 3.8) is 0 Å². The average molecular weight is 289 g/mol. The van der Waals surface area contributed by atoms with E-state index in [1.54, 1.807) is 31.3 Å². The largest absolute Gasteiger partial charge is 0.494 e. The fourth-order valence-electron chi connectivity index (χ4n) is 1.85. The molecule has 0 aliphatic carbocycles. The molecule has 0 aliphatic rings. The first-order chi connectivity index (χ1) is 10.1. The Labute approximate surface area is 123 Å². The van der Waals surface area contributed by atoms with Gasteiger partial charge in [-0.25, -0.2) is 9.48 Å². The summed E-state index contributed by atoms with van der Waals surface area (Å²) >= 11 is 0. The molecule has 1 heterocycles. The van der Waals surface area contributed by atoms with Crippen LogP contribution in [0.1, 0.15) is 30.1 Å². The molecule has 0 saturated carbocycles. The van der Waals surface area contributed by atoms with E-state index < -0.39 is 0 Å². The monoisotopic (exact) mass is 289 g/mol. The lowest BCUT2D eigenvalue weighted by Gasteiger charge is -2.06. The number of ketones is 1. The molecule has 0 N–H and O–H groups in total. The van der Waals surface area contributed by atoms with Crippen molar-refractivity contribution in [2.24, 2.45) is 7.05 Å². The van der Waals surface area contributed by atoms with Gasteiger partial charge in [-0.3, -0.25) is 9.36 Å². The summed E-state index contributed by atoms with van der Waals surface area (Å²) < 4.78 is 8.02. The van der Waals surface area contributed by atoms with Crippen LogP contribution < -0.4 is 10.4 Å². The van der Waals surface area contributed by atoms with Gasteiger partial charge < -0.3 is 4.74 Å². The second kappa shape index (κ2) is 6.88. The van der Waals surface area contributed by atoms with Gasteiger partial charge in [0.15, 0.2) is 5.78 Å². The minimum absolute atomic E-state index is 0.0112. The molecule has 0 amide bonds. The van der Waals surface area contributed by atoms with Crippen LogP contribution >= 0.6 is 0 Å². The first kappa shape index (κ1) is 15.0. The van der Waals surface area contributed by atoms with Crippen molar-refractivity contribution in [3.05, 3.63) is 46.6 Å². The fourth-order valence-corrected chi connectivity index (χ4v) is 1.85. The zero-order chi connectivity index (χ0) is 15.2. The first-order valence-electron chi connectivity index (χ1n) is 6.96. The number of nitrogens with zero attached hydrogens (tertiary/aromatic N) is 3. The van der Waals surface area contributed by atoms with E-state index in [4.69, 9.17) is 4.74 Å². The third-order valence-corrected chi connectivity index (χ3v) is 3.14. The molecule has 0 atom stereocenters. The molecule has 0 saturated heterocycles. The summed E-state index contributed by atoms with van der Waals surface area (Å²) in [7, 11) is 1.55. The summed E-state index contributed by atoms with van der Waals surface area (Å²) in [5.74, 6) is 0.615. The van der Waals surface area contributed by atoms with Crippen molar-refractivity contribution < 1.29 is 9.53 Å². The van der Waals surface area contributed by atoms with E-state index in [9.17, 15) is 9.59 Å². The van der Waals surface area contributed by atoms with Crippen molar-refractivity contribution in [2.45, 2.75) is 26.3 Å². The Balaban J connectivity index is 1.99. The van der Waals surface area contributed by atoms with Gasteiger partial charge in [0.25, 0.3) is 0 Å². The predicted octanol–water partition coefficient (Wildman–Crippen LogP) is 1.64. The third kappa shape index (κ3) is 3.81. The highest BCUT2D eigenvalue weighted by molar-refractivity contribution is 5.95. The quantitative estimate of drug-likeness (QED) is 0.574. The van der Waals surface area contributed by atoms with Gasteiger partial charge in [-0.05, 0) is 30.7 Å². The molecule has 6 heteroatoms. The summed E-state index contributed by atoms with van der Waals surface area (Å²) in [6.07, 6.45) is 3.45. The molecule has 0 fully saturated rings. The summed E-state index contributed by atoms with van der Waals surface area (Å²) in [4.78, 5) is 23.7. The highest BCUT2D eigenvalue weighted by Gasteiger charge is 2.10. The maximum absolute atomic E-state index is 12.1. The Morgan fingerprint density at radius 2 is 2.00 bits per heavy atom. The number of benzene rings is 1. The molecule has 1 aromatic heterocycles. The Kier molecular flexibility index (Phi) is 4.92. The molecule has 21 heavy (non-hydrogen) atoms. The lowest BCUT2D eigenvalue weighted by atomic mass is 10.1. The molecule has 2 aromatic rings. The normalized spacial score (nSPS) is 10.6. The molecule has 0 aliphatic heterocycles. The second-order valence-electron chi connectivity index (χ2n) is 4.81. The number of carbonyl (C=O) groups excluding carboxylic acids is 1. The number of Topliss-reactive ketones (excluding diaryl/α,β-unsaturated/α-hetero) is 1. The van der Waals surface area contributed by atoms with E-state index in [1.165, 1.54) is 15.6 Å². The molecule has 6 nitrogen and oxygen atoms in total. The van der Waals surface area contributed by atoms with Crippen LogP contribution in [0.5, 0.6) is 5.75 Å². The number of hydrogen-bond donors (Lipinski definition) is 0. The van der Waals surface area contributed by atoms with Crippen LogP contribution in [0.25, 0.3) is 0 Å². The smallest absolute Gasteiger partial charge is 0.345 e. The molecule has 0 spiro atoms. The van der Waals surface area contributed by atoms with Crippen LogP contribution in [0.2, 0.25) is 0 Å². The fraction of sp³-hybridized carbons (Fsp3) is 0.400. The standard InChI is InChI=1S/C15H19N3O3/c1-3-4-9-21-13-7-5-12(6-8-13)14(19)10-18-11-16-17(2)15(18)20/h5-8,11H,3-4,9-10H2,1-2H3. The number of carbonyl (C=O) groups is 1. The summed E-state index contributed by atoms with van der Waals surface area (Å²) in [6.45, 7) is 2.77. The number of hydrogen-bond acceptors (Lipinski definition) is 4. The van der Waals surface area contributed by atoms with Crippen molar-refractivity contribution in [1.29, 1.82) is 0 Å². The third-order valence-electron chi connectivity index (χ3n) is 3.14. The van der Waals surface area contributed by atoms with Crippen molar-refractivity contribution in [2.75, 3.05) is 6.61 Å². The molecular weight excluding hydrogens is 270 g/mol. The molecule has 112 valence electrons. The van der Waals surface area contributed by atoms with E-state index in [1.807, 2.05) is 0 Å². The van der Waals surface area contributed by atoms with Crippen LogP contribution in [-0.2, 0) is 13.6 Å². The minimum atomic E-state index is -0.303. The van der Waals surface area contributed by atoms with Gasteiger partial charge >= 0.3 is 5.69 Å². The van der Waals surface area contributed by atoms with Crippen LogP contribution in [0.4, 0.5) is 0 Å². The van der Waals surface area contributed by atoms with Gasteiger partial charge in [0.05, 0.1) is 13.2 Å². The summed E-state index contributed by atoms with van der Waals surface area (Å²) in [6, 6.07) is 6.97. The highest BCUT2D eigenvalue weighted by Crippen LogP contribution is 2.13. The topological polar surface area (TPSA) is 66.1 Å². The number of ether oxygens (including phenoxy) is 1. The van der Waals surface area contributed by atoms with Gasteiger partial charge in [-0.15, -0.1) is 0 Å². The van der Waals surface area contributed by atoms with Crippen LogP contribution in [0.3, 0.4) is 0 Å². The predicted molar refractivity (Wildman–Crippen MR) is 78.6 cm³/mol. The number of aromatic nitrogens is 3. The molecule has 1 aromatic carbocycles. The summed E-state index contributed by atoms with van der Waals surface area (Å²) in [5, 5.41) is 3.81. The van der Waals surface area contributed by atoms with Crippen molar-refractivity contribution in [1.82, 2.24) is 14.3 Å². The Bertz CT molecular complexity index is 656. The highest BCUT2D eigenvalue weighted by atomic mass is 16.5. The van der Waals surface area contributed by atoms with Crippen molar-refractivity contribution >= 4 is 5.78 Å². The Morgan fingerprint density at radius 3 is 2.57 bits per heavy atom. The zero-order valence-electron chi connectivity index (χ0n) is 12.3. The maximum Gasteiger partial charge on any atom is 0.345 e. The lowest BCUT2D eigenvalue weighted by Crippen LogP contribution is -2.25. The van der Waals surface area contributed by atoms with Crippen molar-refractivity contribution in [3.8, 4) is 5.75 Å². The van der Waals surface area contributed by atoms with Crippen LogP contribution in [0, 0.1) is 0 Å². The summed E-state index contributed by atoms with van der Waals surface area (Å²) in [5.41, 5.74) is 0.247. The maximum atomic E-state index is 12.1. The van der Waals surface area contributed by atoms with Gasteiger partial charge in [0.1, 0.15) is 12.1 Å². The van der Waals surface area contributed by atoms with Gasteiger partial charge in [-0.1, -0.05) is 13.3 Å². The Morgan fingerprint density at radius 1 is 1.29 bits per heavy atom. The van der Waals surface area contributed by atoms with Gasteiger partial charge in [0, 0.05) is 12.6 Å². The molecule has 2 rings (SSSR count). The van der Waals surface area contributed by atoms with E-state index in [0.717, 1.165) is 18.6 Å². The van der Waals surface area contributed by atoms with E-state index in [0.29, 0.717) is 12.2 Å². The van der Waals surface area contributed by atoms with Gasteiger partial charge in [-0.2, -0.15) is 5.10 Å². The van der Waals surface area contributed by atoms with E-state index in [-0.39, 0.29) is 18.0 Å². The molecule has 0 unspecified atom stereocenters. The average Bonchev–Trinajstić information content (AvgIpc) is 2.80. The lowest BCUT2D eigenvalue weighted by molar-refractivity contribution is 0.0970. The number of rotatable bonds is 7. The number of unbranched alkanes of at least 4 members (excludes halogenated alkanes) is 1. The zero-order valence-corrected chi connectivity index (χ0v) is 12.3. The second-order valence-corrected chi connectivity index (χ2v) is 4.81. The van der Waals surface area contributed by atoms with Crippen LogP contribution in [0.15, 0.2) is 35.4 Å². The van der Waals surface area contributed by atoms with E-state index in [2.05, 4.69) is 12.0 Å². The number of aryl methyl sites for hydroxylation is 1. The van der Waals surface area contributed by atoms with E-state index >= 15 is 0 Å². The van der Waals surface area contributed by atoms with Crippen LogP contribution in [-0.4, -0.2) is 26.7 Å². The minimum Gasteiger partial charge on any atom is -0.494 e. The SMILES string of the molecule is CCCCOc1ccc(C(=O)Cn2cnn(C)c2=O)cc1. The molecule has 0 bridgehead atoms. The Hall–Kier alpha value is -2.37.